The van der Waals surface area contributed by atoms with Gasteiger partial charge in [0.05, 0.1) is 22.9 Å². The monoisotopic (exact) mass is 519 g/mol. The molecule has 198 valence electrons. The maximum atomic E-state index is 13.4. The number of hydrogen-bond acceptors (Lipinski definition) is 5. The van der Waals surface area contributed by atoms with Gasteiger partial charge in [-0.3, -0.25) is 14.6 Å². The summed E-state index contributed by atoms with van der Waals surface area (Å²) in [6.07, 6.45) is -8.09. The fourth-order valence-electron chi connectivity index (χ4n) is 3.18. The zero-order valence-electron chi connectivity index (χ0n) is 19.8. The third kappa shape index (κ3) is 8.81. The summed E-state index contributed by atoms with van der Waals surface area (Å²) in [7, 11) is 0. The largest absolute Gasteiger partial charge is 0.462 e. The van der Waals surface area contributed by atoms with E-state index in [9.17, 15) is 35.9 Å². The normalized spacial score (nSPS) is 15.1. The van der Waals surface area contributed by atoms with Crippen LogP contribution in [0.3, 0.4) is 0 Å². The molecule has 1 aromatic heterocycles. The molecular formula is C24H27F6N3O3. The second-order valence-corrected chi connectivity index (χ2v) is 9.11. The molecule has 0 saturated carbocycles. The van der Waals surface area contributed by atoms with Gasteiger partial charge in [0.25, 0.3) is 6.47 Å². The highest BCUT2D eigenvalue weighted by Crippen LogP contribution is 2.36. The Morgan fingerprint density at radius 3 is 2.11 bits per heavy atom. The Labute approximate surface area is 204 Å². The third-order valence-electron chi connectivity index (χ3n) is 5.04. The standard InChI is InChI=1S/C19H17F6N3O.C5H10O2/c20-18(21,22)13-5-3-12(4-6-13)16(28-15(29)8-11-9-26-10-11)17-14(19(23,24)25)2-1-7-27-17;1-5(2,3)7-4-6/h1-7,11,16,26H,8-10H2,(H,28,29);4H,1-3H3. The summed E-state index contributed by atoms with van der Waals surface area (Å²) >= 11 is 0. The SMILES string of the molecule is CC(C)(C)OC=O.O=C(CC1CNC1)NC(c1ccc(C(F)(F)F)cc1)c1ncccc1C(F)(F)F. The highest BCUT2D eigenvalue weighted by Gasteiger charge is 2.37. The first kappa shape index (κ1) is 29.1. The van der Waals surface area contributed by atoms with E-state index in [1.807, 2.05) is 20.8 Å². The van der Waals surface area contributed by atoms with Gasteiger partial charge in [-0.05, 0) is 69.6 Å². The number of hydrogen-bond donors (Lipinski definition) is 2. The van der Waals surface area contributed by atoms with E-state index in [0.717, 1.165) is 42.6 Å². The van der Waals surface area contributed by atoms with Gasteiger partial charge in [-0.15, -0.1) is 0 Å². The van der Waals surface area contributed by atoms with Crippen LogP contribution in [0.5, 0.6) is 0 Å². The average molecular weight is 519 g/mol. The van der Waals surface area contributed by atoms with E-state index in [4.69, 9.17) is 0 Å². The van der Waals surface area contributed by atoms with Crippen molar-refractivity contribution in [3.8, 4) is 0 Å². The third-order valence-corrected chi connectivity index (χ3v) is 5.04. The number of aromatic nitrogens is 1. The summed E-state index contributed by atoms with van der Waals surface area (Å²) < 4.78 is 83.4. The van der Waals surface area contributed by atoms with Gasteiger partial charge < -0.3 is 15.4 Å². The van der Waals surface area contributed by atoms with Crippen molar-refractivity contribution in [1.82, 2.24) is 15.6 Å². The zero-order valence-corrected chi connectivity index (χ0v) is 19.8. The number of pyridine rings is 1. The van der Waals surface area contributed by atoms with Crippen LogP contribution in [0.25, 0.3) is 0 Å². The first-order chi connectivity index (χ1) is 16.6. The minimum absolute atomic E-state index is 0.0640. The number of carbonyl (C=O) groups is 2. The second-order valence-electron chi connectivity index (χ2n) is 9.11. The van der Waals surface area contributed by atoms with E-state index in [-0.39, 0.29) is 23.5 Å². The number of amides is 1. The molecule has 0 radical (unpaired) electrons. The minimum atomic E-state index is -4.74. The van der Waals surface area contributed by atoms with E-state index in [0.29, 0.717) is 19.6 Å². The quantitative estimate of drug-likeness (QED) is 0.420. The Hall–Kier alpha value is -3.15. The van der Waals surface area contributed by atoms with Gasteiger partial charge in [0, 0.05) is 12.6 Å². The molecule has 1 unspecified atom stereocenters. The molecule has 2 N–H and O–H groups in total. The number of carbonyl (C=O) groups excluding carboxylic acids is 2. The van der Waals surface area contributed by atoms with Crippen LogP contribution in [0, 0.1) is 5.92 Å². The topological polar surface area (TPSA) is 80.3 Å². The molecule has 1 amide bonds. The van der Waals surface area contributed by atoms with E-state index >= 15 is 0 Å². The molecule has 6 nitrogen and oxygen atoms in total. The van der Waals surface area contributed by atoms with Crippen LogP contribution in [0.15, 0.2) is 42.6 Å². The van der Waals surface area contributed by atoms with Crippen LogP contribution >= 0.6 is 0 Å². The molecule has 2 aromatic rings. The van der Waals surface area contributed by atoms with Gasteiger partial charge in [0.15, 0.2) is 0 Å². The molecule has 0 bridgehead atoms. The summed E-state index contributed by atoms with van der Waals surface area (Å²) in [6.45, 7) is 7.16. The van der Waals surface area contributed by atoms with Crippen molar-refractivity contribution in [1.29, 1.82) is 0 Å². The molecule has 2 heterocycles. The molecule has 3 rings (SSSR count). The summed E-state index contributed by atoms with van der Waals surface area (Å²) in [5, 5.41) is 5.49. The highest BCUT2D eigenvalue weighted by atomic mass is 19.4. The molecule has 1 aromatic carbocycles. The first-order valence-electron chi connectivity index (χ1n) is 10.9. The molecule has 1 atom stereocenters. The predicted molar refractivity (Wildman–Crippen MR) is 119 cm³/mol. The van der Waals surface area contributed by atoms with Gasteiger partial charge in [0.1, 0.15) is 5.60 Å². The van der Waals surface area contributed by atoms with Crippen molar-refractivity contribution >= 4 is 12.4 Å². The van der Waals surface area contributed by atoms with E-state index in [1.165, 1.54) is 0 Å². The van der Waals surface area contributed by atoms with Gasteiger partial charge in [-0.1, -0.05) is 12.1 Å². The Bertz CT molecular complexity index is 1010. The van der Waals surface area contributed by atoms with Crippen molar-refractivity contribution < 1.29 is 40.7 Å². The molecule has 0 aliphatic carbocycles. The minimum Gasteiger partial charge on any atom is -0.462 e. The summed E-state index contributed by atoms with van der Waals surface area (Å²) in [4.78, 5) is 25.8. The summed E-state index contributed by atoms with van der Waals surface area (Å²) in [6, 6.07) is 4.22. The number of nitrogens with zero attached hydrogens (tertiary/aromatic N) is 1. The molecule has 1 aliphatic heterocycles. The Balaban J connectivity index is 0.000000572. The van der Waals surface area contributed by atoms with Crippen molar-refractivity contribution in [2.24, 2.45) is 5.92 Å². The zero-order chi connectivity index (χ0) is 27.1. The van der Waals surface area contributed by atoms with E-state index in [2.05, 4.69) is 20.4 Å². The predicted octanol–water partition coefficient (Wildman–Crippen LogP) is 4.89. The molecule has 0 spiro atoms. The number of halogens is 6. The van der Waals surface area contributed by atoms with Crippen LogP contribution in [-0.4, -0.2) is 36.1 Å². The van der Waals surface area contributed by atoms with Crippen LogP contribution in [0.4, 0.5) is 26.3 Å². The number of nitrogens with one attached hydrogen (secondary N) is 2. The number of rotatable bonds is 6. The van der Waals surface area contributed by atoms with Crippen LogP contribution in [0.2, 0.25) is 0 Å². The molecule has 1 aliphatic rings. The lowest BCUT2D eigenvalue weighted by molar-refractivity contribution is -0.139. The lowest BCUT2D eigenvalue weighted by Crippen LogP contribution is -2.45. The van der Waals surface area contributed by atoms with Gasteiger partial charge in [-0.25, -0.2) is 0 Å². The fraction of sp³-hybridized carbons (Fsp3) is 0.458. The smallest absolute Gasteiger partial charge is 0.418 e. The summed E-state index contributed by atoms with van der Waals surface area (Å²) in [5.74, 6) is -0.436. The molecule has 1 saturated heterocycles. The highest BCUT2D eigenvalue weighted by molar-refractivity contribution is 5.77. The average Bonchev–Trinajstić information content (AvgIpc) is 2.73. The molecule has 12 heteroatoms. The van der Waals surface area contributed by atoms with Crippen LogP contribution in [-0.2, 0) is 26.7 Å². The van der Waals surface area contributed by atoms with Crippen molar-refractivity contribution in [3.63, 3.8) is 0 Å². The first-order valence-corrected chi connectivity index (χ1v) is 10.9. The van der Waals surface area contributed by atoms with Gasteiger partial charge in [-0.2, -0.15) is 26.3 Å². The maximum absolute atomic E-state index is 13.4. The lowest BCUT2D eigenvalue weighted by Gasteiger charge is -2.28. The Morgan fingerprint density at radius 2 is 1.69 bits per heavy atom. The maximum Gasteiger partial charge on any atom is 0.418 e. The van der Waals surface area contributed by atoms with Gasteiger partial charge in [0.2, 0.25) is 5.91 Å². The van der Waals surface area contributed by atoms with E-state index in [1.54, 1.807) is 0 Å². The van der Waals surface area contributed by atoms with Crippen LogP contribution in [0.1, 0.15) is 55.6 Å². The number of ether oxygens (including phenoxy) is 1. The van der Waals surface area contributed by atoms with Crippen molar-refractivity contribution in [2.75, 3.05) is 13.1 Å². The number of benzene rings is 1. The van der Waals surface area contributed by atoms with Crippen molar-refractivity contribution in [3.05, 3.63) is 65.0 Å². The Kier molecular flexibility index (Phi) is 9.47. The molecule has 36 heavy (non-hydrogen) atoms. The molecular weight excluding hydrogens is 492 g/mol. The van der Waals surface area contributed by atoms with Gasteiger partial charge >= 0.3 is 12.4 Å². The number of alkyl halides is 6. The van der Waals surface area contributed by atoms with E-state index < -0.39 is 41.1 Å². The lowest BCUT2D eigenvalue weighted by atomic mass is 9.95. The second kappa shape index (κ2) is 11.7. The fourth-order valence-corrected chi connectivity index (χ4v) is 3.18. The Morgan fingerprint density at radius 1 is 1.08 bits per heavy atom. The summed E-state index contributed by atoms with van der Waals surface area (Å²) in [5.41, 5.74) is -2.72. The van der Waals surface area contributed by atoms with Crippen molar-refractivity contribution in [2.45, 2.75) is 51.2 Å². The van der Waals surface area contributed by atoms with Crippen LogP contribution < -0.4 is 10.6 Å². The molecule has 1 fully saturated rings.